The fourth-order valence-corrected chi connectivity index (χ4v) is 6.66. The molecule has 1 saturated heterocycles. The number of fused-ring (bicyclic) bond motifs is 1. The highest BCUT2D eigenvalue weighted by Crippen LogP contribution is 2.48. The van der Waals surface area contributed by atoms with Gasteiger partial charge in [0.05, 0.1) is 25.0 Å². The van der Waals surface area contributed by atoms with Gasteiger partial charge in [0.1, 0.15) is 35.8 Å². The van der Waals surface area contributed by atoms with Crippen molar-refractivity contribution >= 4 is 25.1 Å². The average molecular weight is 643 g/mol. The van der Waals surface area contributed by atoms with Crippen molar-refractivity contribution < 1.29 is 33.0 Å². The zero-order chi connectivity index (χ0) is 32.8. The molecule has 0 radical (unpaired) electrons. The third-order valence-corrected chi connectivity index (χ3v) is 9.60. The number of aliphatic hydroxyl groups excluding tert-OH is 1. The Kier molecular flexibility index (Phi) is 11.2. The molecule has 1 aliphatic rings. The summed E-state index contributed by atoms with van der Waals surface area (Å²) in [6.45, 7) is 11.1. The van der Waals surface area contributed by atoms with Crippen LogP contribution in [0.3, 0.4) is 0 Å². The average Bonchev–Trinajstić information content (AvgIpc) is 3.56. The van der Waals surface area contributed by atoms with Gasteiger partial charge in [-0.25, -0.2) is 14.1 Å². The van der Waals surface area contributed by atoms with Gasteiger partial charge in [-0.05, 0) is 51.0 Å². The molecule has 1 aliphatic heterocycles. The Balaban J connectivity index is 1.55. The second-order valence-corrected chi connectivity index (χ2v) is 13.3. The van der Waals surface area contributed by atoms with E-state index in [1.807, 2.05) is 27.7 Å². The predicted molar refractivity (Wildman–Crippen MR) is 167 cm³/mol. The number of para-hydroxylation sites is 1. The topological polar surface area (TPSA) is 169 Å². The quantitative estimate of drug-likeness (QED) is 0.153. The van der Waals surface area contributed by atoms with Crippen molar-refractivity contribution in [1.29, 1.82) is 5.26 Å². The molecule has 1 fully saturated rings. The molecule has 1 unspecified atom stereocenters. The van der Waals surface area contributed by atoms with E-state index >= 15 is 0 Å². The van der Waals surface area contributed by atoms with Crippen molar-refractivity contribution in [1.82, 2.24) is 19.7 Å². The largest absolute Gasteiger partial charge is 0.464 e. The molecule has 13 nitrogen and oxygen atoms in total. The summed E-state index contributed by atoms with van der Waals surface area (Å²) in [6, 6.07) is 13.0. The first-order valence-electron chi connectivity index (χ1n) is 15.3. The summed E-state index contributed by atoms with van der Waals surface area (Å²) in [7, 11) is -4.21. The normalized spacial score (nSPS) is 23.5. The van der Waals surface area contributed by atoms with Gasteiger partial charge >= 0.3 is 13.7 Å². The predicted octanol–water partition coefficient (Wildman–Crippen LogP) is 4.83. The fraction of sp³-hybridized carbons (Fsp3) is 0.548. The van der Waals surface area contributed by atoms with Gasteiger partial charge in [-0.15, -0.1) is 0 Å². The summed E-state index contributed by atoms with van der Waals surface area (Å²) in [5, 5.41) is 32.1. The molecule has 0 spiro atoms. The maximum absolute atomic E-state index is 14.1. The van der Waals surface area contributed by atoms with Gasteiger partial charge in [-0.2, -0.15) is 15.4 Å². The first-order valence-corrected chi connectivity index (χ1v) is 16.8. The molecule has 244 valence electrons. The summed E-state index contributed by atoms with van der Waals surface area (Å²) in [6.07, 6.45) is 0.917. The number of aliphatic hydroxyl groups is 1. The molecule has 45 heavy (non-hydrogen) atoms. The Morgan fingerprint density at radius 3 is 2.56 bits per heavy atom. The molecule has 3 aromatic rings. The summed E-state index contributed by atoms with van der Waals surface area (Å²) < 4.78 is 38.9. The first-order chi connectivity index (χ1) is 21.5. The van der Waals surface area contributed by atoms with Crippen LogP contribution >= 0.6 is 7.75 Å². The van der Waals surface area contributed by atoms with Gasteiger partial charge in [-0.3, -0.25) is 9.32 Å². The highest BCUT2D eigenvalue weighted by atomic mass is 31.2. The Labute approximate surface area is 263 Å². The van der Waals surface area contributed by atoms with Gasteiger partial charge in [0.2, 0.25) is 5.60 Å². The number of anilines is 1. The highest BCUT2D eigenvalue weighted by molar-refractivity contribution is 7.52. The van der Waals surface area contributed by atoms with Crippen molar-refractivity contribution in [2.75, 3.05) is 18.5 Å². The molecule has 0 aliphatic carbocycles. The number of ether oxygens (including phenoxy) is 2. The van der Waals surface area contributed by atoms with E-state index in [9.17, 15) is 19.7 Å². The van der Waals surface area contributed by atoms with Crippen molar-refractivity contribution in [3.63, 3.8) is 0 Å². The molecule has 0 bridgehead atoms. The summed E-state index contributed by atoms with van der Waals surface area (Å²) in [5.74, 6) is -0.182. The smallest absolute Gasteiger partial charge is 0.459 e. The molecular formula is C31H43N6O7P. The Bertz CT molecular complexity index is 1530. The molecule has 3 N–H and O–H groups in total. The van der Waals surface area contributed by atoms with Crippen LogP contribution < -0.4 is 14.9 Å². The lowest BCUT2D eigenvalue weighted by molar-refractivity contribution is -0.146. The van der Waals surface area contributed by atoms with Crippen molar-refractivity contribution in [2.24, 2.45) is 11.8 Å². The third-order valence-electron chi connectivity index (χ3n) is 7.96. The number of rotatable bonds is 15. The number of nitriles is 1. The Hall–Kier alpha value is -3.53. The number of hydrogen-bond donors (Lipinski definition) is 3. The van der Waals surface area contributed by atoms with Gasteiger partial charge in [-0.1, -0.05) is 51.8 Å². The van der Waals surface area contributed by atoms with Crippen LogP contribution in [0.2, 0.25) is 0 Å². The van der Waals surface area contributed by atoms with Crippen molar-refractivity contribution in [3.8, 4) is 11.8 Å². The first kappa shape index (κ1) is 34.3. The van der Waals surface area contributed by atoms with E-state index in [1.165, 1.54) is 17.8 Å². The van der Waals surface area contributed by atoms with Crippen LogP contribution in [0, 0.1) is 23.2 Å². The van der Waals surface area contributed by atoms with E-state index in [-0.39, 0.29) is 30.9 Å². The summed E-state index contributed by atoms with van der Waals surface area (Å²) in [4.78, 5) is 17.1. The van der Waals surface area contributed by atoms with Crippen LogP contribution in [-0.4, -0.2) is 63.2 Å². The fourth-order valence-electron chi connectivity index (χ4n) is 5.16. The lowest BCUT2D eigenvalue weighted by atomic mass is 9.88. The molecule has 0 saturated carbocycles. The maximum atomic E-state index is 14.1. The van der Waals surface area contributed by atoms with Crippen LogP contribution in [0.1, 0.15) is 60.1 Å². The standard InChI is InChI=1S/C31H43N6O7P/c1-7-23(8-2)16-41-30(39)22(6)36-45(40,44-24-12-10-9-11-13-24)42-17-26-21(5)28(38)31(18-32,43-26)27-15-14-25-29(35-20(3)4)33-19-34-37(25)27/h9-15,19-23,26,28,38H,7-8,16-17H2,1-6H3,(H,36,40)(H,33,34,35)/t21-,22+,26-,28-,31+,45?/m1/s1. The minimum atomic E-state index is -4.21. The van der Waals surface area contributed by atoms with Crippen LogP contribution in [0.5, 0.6) is 5.75 Å². The minimum Gasteiger partial charge on any atom is -0.464 e. The number of esters is 1. The summed E-state index contributed by atoms with van der Waals surface area (Å²) >= 11 is 0. The second kappa shape index (κ2) is 14.7. The molecule has 4 rings (SSSR count). The maximum Gasteiger partial charge on any atom is 0.459 e. The SMILES string of the molecule is CCC(CC)COC(=O)[C@H](C)NP(=O)(OC[C@H]1O[C@@](C#N)(c2ccc3c(NC(C)C)ncnn23)[C@H](O)[C@@H]1C)Oc1ccccc1. The number of aromatic nitrogens is 3. The molecule has 1 aromatic carbocycles. The van der Waals surface area contributed by atoms with Crippen molar-refractivity contribution in [2.45, 2.75) is 84.3 Å². The Morgan fingerprint density at radius 2 is 1.91 bits per heavy atom. The molecule has 2 aromatic heterocycles. The Morgan fingerprint density at radius 1 is 1.20 bits per heavy atom. The van der Waals surface area contributed by atoms with E-state index in [2.05, 4.69) is 26.6 Å². The zero-order valence-corrected chi connectivity index (χ0v) is 27.4. The van der Waals surface area contributed by atoms with Crippen LogP contribution in [0.4, 0.5) is 5.82 Å². The number of hydrogen-bond acceptors (Lipinski definition) is 11. The van der Waals surface area contributed by atoms with E-state index in [0.29, 0.717) is 17.0 Å². The van der Waals surface area contributed by atoms with Crippen LogP contribution in [0.15, 0.2) is 48.8 Å². The lowest BCUT2D eigenvalue weighted by Gasteiger charge is -2.26. The molecule has 3 heterocycles. The number of carbonyl (C=O) groups is 1. The number of nitrogens with zero attached hydrogens (tertiary/aromatic N) is 4. The number of nitrogens with one attached hydrogen (secondary N) is 2. The van der Waals surface area contributed by atoms with Crippen molar-refractivity contribution in [3.05, 3.63) is 54.5 Å². The van der Waals surface area contributed by atoms with Gasteiger partial charge < -0.3 is 24.4 Å². The highest BCUT2D eigenvalue weighted by Gasteiger charge is 2.56. The second-order valence-electron chi connectivity index (χ2n) is 11.6. The van der Waals surface area contributed by atoms with Crippen LogP contribution in [-0.2, 0) is 29.0 Å². The van der Waals surface area contributed by atoms with Gasteiger partial charge in [0.25, 0.3) is 0 Å². The van der Waals surface area contributed by atoms with Gasteiger partial charge in [0.15, 0.2) is 5.82 Å². The van der Waals surface area contributed by atoms with E-state index in [1.54, 1.807) is 49.4 Å². The number of carbonyl (C=O) groups excluding carboxylic acids is 1. The monoisotopic (exact) mass is 642 g/mol. The number of benzene rings is 1. The zero-order valence-electron chi connectivity index (χ0n) is 26.5. The molecule has 14 heteroatoms. The minimum absolute atomic E-state index is 0.0958. The molecule has 6 atom stereocenters. The lowest BCUT2D eigenvalue weighted by Crippen LogP contribution is -2.38. The summed E-state index contributed by atoms with van der Waals surface area (Å²) in [5.41, 5.74) is -0.895. The third kappa shape index (κ3) is 7.65. The van der Waals surface area contributed by atoms with E-state index in [4.69, 9.17) is 18.5 Å². The van der Waals surface area contributed by atoms with Gasteiger partial charge in [0, 0.05) is 12.0 Å². The van der Waals surface area contributed by atoms with E-state index in [0.717, 1.165) is 12.8 Å². The van der Waals surface area contributed by atoms with Crippen LogP contribution in [0.25, 0.3) is 5.52 Å². The van der Waals surface area contributed by atoms with E-state index < -0.39 is 43.5 Å². The molecule has 0 amide bonds. The molecular weight excluding hydrogens is 599 g/mol.